The van der Waals surface area contributed by atoms with Crippen molar-refractivity contribution in [3.63, 3.8) is 0 Å². The lowest BCUT2D eigenvalue weighted by Crippen LogP contribution is -2.33. The molecule has 1 aromatic carbocycles. The van der Waals surface area contributed by atoms with Crippen molar-refractivity contribution < 1.29 is 4.79 Å². The predicted molar refractivity (Wildman–Crippen MR) is 93.0 cm³/mol. The van der Waals surface area contributed by atoms with Crippen molar-refractivity contribution in [2.45, 2.75) is 36.4 Å². The lowest BCUT2D eigenvalue weighted by atomic mass is 10.1. The molecule has 1 heterocycles. The molecule has 0 aliphatic heterocycles. The summed E-state index contributed by atoms with van der Waals surface area (Å²) in [4.78, 5) is 12.3. The van der Waals surface area contributed by atoms with Crippen LogP contribution in [0.25, 0.3) is 0 Å². The molecule has 0 aliphatic carbocycles. The number of nitrogens with zero attached hydrogens (tertiary/aromatic N) is 2. The molecule has 0 bridgehead atoms. The van der Waals surface area contributed by atoms with Gasteiger partial charge in [-0.15, -0.1) is 10.2 Å². The number of hydrogen-bond donors (Lipinski definition) is 1. The lowest BCUT2D eigenvalue weighted by Gasteiger charge is -2.18. The van der Waals surface area contributed by atoms with Crippen molar-refractivity contribution >= 4 is 52.2 Å². The molecule has 4 nitrogen and oxygen atoms in total. The van der Waals surface area contributed by atoms with E-state index in [1.54, 1.807) is 12.1 Å². The highest BCUT2D eigenvalue weighted by atomic mass is 35.5. The fourth-order valence-electron chi connectivity index (χ4n) is 1.79. The first-order valence-corrected chi connectivity index (χ1v) is 9.04. The topological polar surface area (TPSA) is 54.9 Å². The number of aryl methyl sites for hydroxylation is 1. The van der Waals surface area contributed by atoms with Crippen LogP contribution in [0.4, 0.5) is 0 Å². The molecule has 2 aromatic rings. The number of amides is 1. The molecule has 0 spiro atoms. The summed E-state index contributed by atoms with van der Waals surface area (Å²) in [6.45, 7) is 5.61. The maximum absolute atomic E-state index is 12.3. The van der Waals surface area contributed by atoms with Gasteiger partial charge in [0.2, 0.25) is 5.91 Å². The van der Waals surface area contributed by atoms with Gasteiger partial charge in [0.1, 0.15) is 5.01 Å². The van der Waals surface area contributed by atoms with Gasteiger partial charge in [0.15, 0.2) is 4.34 Å². The van der Waals surface area contributed by atoms with Crippen molar-refractivity contribution in [1.29, 1.82) is 0 Å². The Hall–Kier alpha value is -0.820. The zero-order chi connectivity index (χ0) is 16.3. The molecule has 0 saturated heterocycles. The molecular weight excluding hydrogens is 361 g/mol. The summed E-state index contributed by atoms with van der Waals surface area (Å²) < 4.78 is 0.789. The van der Waals surface area contributed by atoms with Gasteiger partial charge in [-0.1, -0.05) is 52.4 Å². The molecule has 8 heteroatoms. The van der Waals surface area contributed by atoms with Crippen molar-refractivity contribution in [1.82, 2.24) is 15.5 Å². The monoisotopic (exact) mass is 375 g/mol. The van der Waals surface area contributed by atoms with Gasteiger partial charge in [0, 0.05) is 10.0 Å². The Labute approximate surface area is 147 Å². The minimum Gasteiger partial charge on any atom is -0.349 e. The van der Waals surface area contributed by atoms with Crippen LogP contribution in [0.2, 0.25) is 10.0 Å². The van der Waals surface area contributed by atoms with Crippen LogP contribution in [0.15, 0.2) is 22.5 Å². The zero-order valence-corrected chi connectivity index (χ0v) is 15.4. The van der Waals surface area contributed by atoms with E-state index in [1.807, 2.05) is 26.8 Å². The van der Waals surface area contributed by atoms with Crippen molar-refractivity contribution in [3.05, 3.63) is 38.8 Å². The van der Waals surface area contributed by atoms with Crippen LogP contribution in [0.1, 0.15) is 30.5 Å². The van der Waals surface area contributed by atoms with Gasteiger partial charge in [-0.05, 0) is 38.5 Å². The van der Waals surface area contributed by atoms with E-state index < -0.39 is 0 Å². The molecule has 0 aliphatic rings. The van der Waals surface area contributed by atoms with Crippen molar-refractivity contribution in [3.8, 4) is 0 Å². The molecule has 1 N–H and O–H groups in total. The van der Waals surface area contributed by atoms with E-state index in [0.717, 1.165) is 14.9 Å². The molecule has 2 rings (SSSR count). The van der Waals surface area contributed by atoms with Crippen LogP contribution in [-0.4, -0.2) is 21.4 Å². The number of thioether (sulfide) groups is 1. The van der Waals surface area contributed by atoms with Gasteiger partial charge < -0.3 is 5.32 Å². The number of benzene rings is 1. The van der Waals surface area contributed by atoms with Gasteiger partial charge >= 0.3 is 0 Å². The van der Waals surface area contributed by atoms with E-state index in [0.29, 0.717) is 10.0 Å². The number of carbonyl (C=O) groups excluding carboxylic acids is 1. The van der Waals surface area contributed by atoms with E-state index in [2.05, 4.69) is 15.5 Å². The Morgan fingerprint density at radius 3 is 2.64 bits per heavy atom. The van der Waals surface area contributed by atoms with Crippen LogP contribution in [0, 0.1) is 6.92 Å². The van der Waals surface area contributed by atoms with Crippen molar-refractivity contribution in [2.75, 3.05) is 0 Å². The highest BCUT2D eigenvalue weighted by Gasteiger charge is 2.20. The van der Waals surface area contributed by atoms with Crippen LogP contribution >= 0.6 is 46.3 Å². The molecular formula is C14H15Cl2N3OS2. The SMILES string of the molecule is Cc1nnc(SC(C)C(=O)NC(C)c2ccc(Cl)cc2Cl)s1. The van der Waals surface area contributed by atoms with E-state index in [9.17, 15) is 4.79 Å². The van der Waals surface area contributed by atoms with Crippen LogP contribution < -0.4 is 5.32 Å². The second kappa shape index (κ2) is 7.64. The molecule has 0 radical (unpaired) electrons. The fourth-order valence-corrected chi connectivity index (χ4v) is 4.33. The normalized spacial score (nSPS) is 13.7. The predicted octanol–water partition coefficient (Wildman–Crippen LogP) is 4.51. The van der Waals surface area contributed by atoms with Crippen LogP contribution in [-0.2, 0) is 4.79 Å². The quantitative estimate of drug-likeness (QED) is 0.780. The Morgan fingerprint density at radius 1 is 1.32 bits per heavy atom. The third-order valence-corrected chi connectivity index (χ3v) is 5.53. The maximum atomic E-state index is 12.3. The fraction of sp³-hybridized carbons (Fsp3) is 0.357. The second-order valence-corrected chi connectivity index (χ2v) is 8.36. The average Bonchev–Trinajstić information content (AvgIpc) is 2.83. The van der Waals surface area contributed by atoms with E-state index in [-0.39, 0.29) is 17.2 Å². The number of carbonyl (C=O) groups is 1. The highest BCUT2D eigenvalue weighted by Crippen LogP contribution is 2.28. The number of aromatic nitrogens is 2. The third-order valence-electron chi connectivity index (χ3n) is 2.94. The Morgan fingerprint density at radius 2 is 2.05 bits per heavy atom. The molecule has 1 aromatic heterocycles. The summed E-state index contributed by atoms with van der Waals surface area (Å²) in [6, 6.07) is 5.05. The molecule has 1 amide bonds. The van der Waals surface area contributed by atoms with E-state index in [1.165, 1.54) is 23.1 Å². The number of halogens is 2. The lowest BCUT2D eigenvalue weighted by molar-refractivity contribution is -0.120. The van der Waals surface area contributed by atoms with Gasteiger partial charge in [-0.3, -0.25) is 4.79 Å². The number of rotatable bonds is 5. The first kappa shape index (κ1) is 17.5. The summed E-state index contributed by atoms with van der Waals surface area (Å²) in [5.74, 6) is -0.0728. The van der Waals surface area contributed by atoms with E-state index >= 15 is 0 Å². The average molecular weight is 376 g/mol. The molecule has 2 atom stereocenters. The molecule has 2 unspecified atom stereocenters. The minimum atomic E-state index is -0.263. The molecule has 22 heavy (non-hydrogen) atoms. The maximum Gasteiger partial charge on any atom is 0.233 e. The summed E-state index contributed by atoms with van der Waals surface area (Å²) in [5.41, 5.74) is 0.836. The first-order valence-electron chi connectivity index (χ1n) is 6.59. The van der Waals surface area contributed by atoms with Crippen LogP contribution in [0.5, 0.6) is 0 Å². The largest absolute Gasteiger partial charge is 0.349 e. The Balaban J connectivity index is 1.98. The Kier molecular flexibility index (Phi) is 6.09. The van der Waals surface area contributed by atoms with Gasteiger partial charge in [0.25, 0.3) is 0 Å². The summed E-state index contributed by atoms with van der Waals surface area (Å²) in [5, 5.41) is 12.6. The number of nitrogens with one attached hydrogen (secondary N) is 1. The smallest absolute Gasteiger partial charge is 0.233 e. The summed E-state index contributed by atoms with van der Waals surface area (Å²) >= 11 is 14.9. The van der Waals surface area contributed by atoms with Gasteiger partial charge in [-0.25, -0.2) is 0 Å². The summed E-state index contributed by atoms with van der Waals surface area (Å²) in [7, 11) is 0. The molecule has 0 saturated carbocycles. The first-order chi connectivity index (χ1) is 10.4. The summed E-state index contributed by atoms with van der Waals surface area (Å²) in [6.07, 6.45) is 0. The molecule has 0 fully saturated rings. The van der Waals surface area contributed by atoms with Crippen LogP contribution in [0.3, 0.4) is 0 Å². The standard InChI is InChI=1S/C14H15Cl2N3OS2/c1-7(11-5-4-10(15)6-12(11)16)17-13(20)8(2)21-14-19-18-9(3)22-14/h4-8H,1-3H3,(H,17,20). The third kappa shape index (κ3) is 4.59. The van der Waals surface area contributed by atoms with Crippen molar-refractivity contribution in [2.24, 2.45) is 0 Å². The zero-order valence-electron chi connectivity index (χ0n) is 12.3. The van der Waals surface area contributed by atoms with E-state index in [4.69, 9.17) is 23.2 Å². The van der Waals surface area contributed by atoms with Gasteiger partial charge in [0.05, 0.1) is 11.3 Å². The Bertz CT molecular complexity index is 678. The molecule has 118 valence electrons. The number of hydrogen-bond acceptors (Lipinski definition) is 5. The van der Waals surface area contributed by atoms with Gasteiger partial charge in [-0.2, -0.15) is 0 Å². The second-order valence-electron chi connectivity index (χ2n) is 4.74. The highest BCUT2D eigenvalue weighted by molar-refractivity contribution is 8.02. The minimum absolute atomic E-state index is 0.0728.